The van der Waals surface area contributed by atoms with Crippen molar-refractivity contribution < 1.29 is 0 Å². The van der Waals surface area contributed by atoms with Gasteiger partial charge in [-0.05, 0) is 19.3 Å². The van der Waals surface area contributed by atoms with Gasteiger partial charge in [-0.25, -0.2) is 0 Å². The summed E-state index contributed by atoms with van der Waals surface area (Å²) in [4.78, 5) is 0. The van der Waals surface area contributed by atoms with Crippen LogP contribution in [0.25, 0.3) is 0 Å². The van der Waals surface area contributed by atoms with E-state index in [1.54, 1.807) is 0 Å². The first-order valence-corrected chi connectivity index (χ1v) is 4.12. The van der Waals surface area contributed by atoms with E-state index in [-0.39, 0.29) is 0 Å². The molecule has 0 aliphatic rings. The van der Waals surface area contributed by atoms with E-state index < -0.39 is 0 Å². The van der Waals surface area contributed by atoms with Crippen molar-refractivity contribution >= 4 is 0 Å². The fourth-order valence-electron chi connectivity index (χ4n) is 0.679. The van der Waals surface area contributed by atoms with E-state index in [1.165, 1.54) is 18.4 Å². The first-order valence-electron chi connectivity index (χ1n) is 4.12. The molecule has 0 aromatic carbocycles. The van der Waals surface area contributed by atoms with E-state index in [2.05, 4.69) is 32.6 Å². The summed E-state index contributed by atoms with van der Waals surface area (Å²) in [5.41, 5.74) is 1.33. The van der Waals surface area contributed by atoms with Gasteiger partial charge in [0.15, 0.2) is 0 Å². The highest BCUT2D eigenvalue weighted by atomic mass is 13.9. The molecule has 0 nitrogen and oxygen atoms in total. The zero-order chi connectivity index (χ0) is 7.82. The van der Waals surface area contributed by atoms with Crippen molar-refractivity contribution in [3.8, 4) is 0 Å². The summed E-state index contributed by atoms with van der Waals surface area (Å²) >= 11 is 0. The lowest BCUT2D eigenvalue weighted by atomic mass is 10.1. The molecule has 0 aromatic heterocycles. The average molecular weight is 138 g/mol. The molecule has 0 atom stereocenters. The SMILES string of the molecule is C=C(CC)CC=CCCC. The van der Waals surface area contributed by atoms with Gasteiger partial charge in [-0.15, -0.1) is 0 Å². The number of rotatable bonds is 5. The Labute approximate surface area is 64.6 Å². The Balaban J connectivity index is 3.25. The van der Waals surface area contributed by atoms with E-state index in [0.717, 1.165) is 12.8 Å². The van der Waals surface area contributed by atoms with Crippen molar-refractivity contribution in [3.63, 3.8) is 0 Å². The van der Waals surface area contributed by atoms with E-state index >= 15 is 0 Å². The topological polar surface area (TPSA) is 0 Å². The number of hydrogen-bond donors (Lipinski definition) is 0. The maximum atomic E-state index is 3.92. The highest BCUT2D eigenvalue weighted by Crippen LogP contribution is 2.03. The van der Waals surface area contributed by atoms with Crippen LogP contribution >= 0.6 is 0 Å². The molecule has 0 rings (SSSR count). The van der Waals surface area contributed by atoms with E-state index in [1.807, 2.05) is 0 Å². The van der Waals surface area contributed by atoms with Crippen LogP contribution in [-0.2, 0) is 0 Å². The second-order valence-corrected chi connectivity index (χ2v) is 2.57. The van der Waals surface area contributed by atoms with Crippen LogP contribution in [0, 0.1) is 0 Å². The van der Waals surface area contributed by atoms with Crippen molar-refractivity contribution in [2.45, 2.75) is 39.5 Å². The van der Waals surface area contributed by atoms with Crippen molar-refractivity contribution in [2.24, 2.45) is 0 Å². The molecule has 0 bridgehead atoms. The third-order valence-electron chi connectivity index (χ3n) is 1.53. The fraction of sp³-hybridized carbons (Fsp3) is 0.600. The molecule has 0 radical (unpaired) electrons. The smallest absolute Gasteiger partial charge is 0.0142 e. The lowest BCUT2D eigenvalue weighted by Gasteiger charge is -1.93. The van der Waals surface area contributed by atoms with Crippen LogP contribution in [-0.4, -0.2) is 0 Å². The summed E-state index contributed by atoms with van der Waals surface area (Å²) in [6.45, 7) is 8.26. The molecule has 0 aromatic rings. The third kappa shape index (κ3) is 5.61. The Morgan fingerprint density at radius 1 is 1.30 bits per heavy atom. The molecule has 0 amide bonds. The Morgan fingerprint density at radius 2 is 2.00 bits per heavy atom. The van der Waals surface area contributed by atoms with Gasteiger partial charge in [0.2, 0.25) is 0 Å². The fourth-order valence-corrected chi connectivity index (χ4v) is 0.679. The van der Waals surface area contributed by atoms with Gasteiger partial charge >= 0.3 is 0 Å². The Morgan fingerprint density at radius 3 is 2.50 bits per heavy atom. The van der Waals surface area contributed by atoms with Crippen LogP contribution in [0.1, 0.15) is 39.5 Å². The van der Waals surface area contributed by atoms with Gasteiger partial charge < -0.3 is 0 Å². The van der Waals surface area contributed by atoms with E-state index in [4.69, 9.17) is 0 Å². The van der Waals surface area contributed by atoms with Gasteiger partial charge in [0.1, 0.15) is 0 Å². The Kier molecular flexibility index (Phi) is 6.25. The molecule has 10 heavy (non-hydrogen) atoms. The second-order valence-electron chi connectivity index (χ2n) is 2.57. The summed E-state index contributed by atoms with van der Waals surface area (Å²) < 4.78 is 0. The first-order chi connectivity index (χ1) is 4.81. The Hall–Kier alpha value is -0.520. The van der Waals surface area contributed by atoms with Gasteiger partial charge in [0.05, 0.1) is 0 Å². The molecule has 0 saturated heterocycles. The average Bonchev–Trinajstić information content (AvgIpc) is 1.98. The van der Waals surface area contributed by atoms with Crippen molar-refractivity contribution in [2.75, 3.05) is 0 Å². The largest absolute Gasteiger partial charge is 0.0996 e. The zero-order valence-electron chi connectivity index (χ0n) is 7.19. The summed E-state index contributed by atoms with van der Waals surface area (Å²) in [6.07, 6.45) is 9.08. The molecule has 58 valence electrons. The lowest BCUT2D eigenvalue weighted by molar-refractivity contribution is 0.948. The van der Waals surface area contributed by atoms with Crippen LogP contribution in [0.15, 0.2) is 24.3 Å². The maximum absolute atomic E-state index is 3.92. The number of allylic oxidation sites excluding steroid dienone is 3. The summed E-state index contributed by atoms with van der Waals surface area (Å²) in [7, 11) is 0. The molecule has 0 saturated carbocycles. The second kappa shape index (κ2) is 6.60. The third-order valence-corrected chi connectivity index (χ3v) is 1.53. The highest BCUT2D eigenvalue weighted by Gasteiger charge is 1.83. The summed E-state index contributed by atoms with van der Waals surface area (Å²) in [5.74, 6) is 0. The van der Waals surface area contributed by atoms with Crippen LogP contribution in [0.4, 0.5) is 0 Å². The molecule has 0 aliphatic carbocycles. The lowest BCUT2D eigenvalue weighted by Crippen LogP contribution is -1.73. The molecule has 0 spiro atoms. The molecular weight excluding hydrogens is 120 g/mol. The first kappa shape index (κ1) is 9.48. The summed E-state index contributed by atoms with van der Waals surface area (Å²) in [6, 6.07) is 0. The van der Waals surface area contributed by atoms with Crippen LogP contribution in [0.5, 0.6) is 0 Å². The molecule has 0 N–H and O–H groups in total. The minimum absolute atomic E-state index is 1.07. The van der Waals surface area contributed by atoms with E-state index in [0.29, 0.717) is 0 Å². The van der Waals surface area contributed by atoms with Crippen LogP contribution < -0.4 is 0 Å². The van der Waals surface area contributed by atoms with Gasteiger partial charge in [-0.2, -0.15) is 0 Å². The molecule has 0 aliphatic heterocycles. The Bertz CT molecular complexity index is 109. The molecule has 0 heteroatoms. The van der Waals surface area contributed by atoms with Crippen molar-refractivity contribution in [1.82, 2.24) is 0 Å². The molecular formula is C10H18. The predicted octanol–water partition coefficient (Wildman–Crippen LogP) is 3.70. The van der Waals surface area contributed by atoms with E-state index in [9.17, 15) is 0 Å². The van der Waals surface area contributed by atoms with Crippen LogP contribution in [0.3, 0.4) is 0 Å². The minimum Gasteiger partial charge on any atom is -0.0996 e. The molecule has 0 unspecified atom stereocenters. The van der Waals surface area contributed by atoms with Crippen molar-refractivity contribution in [3.05, 3.63) is 24.3 Å². The van der Waals surface area contributed by atoms with Gasteiger partial charge in [-0.1, -0.05) is 44.6 Å². The van der Waals surface area contributed by atoms with Gasteiger partial charge in [0.25, 0.3) is 0 Å². The monoisotopic (exact) mass is 138 g/mol. The van der Waals surface area contributed by atoms with Gasteiger partial charge in [0, 0.05) is 0 Å². The highest BCUT2D eigenvalue weighted by molar-refractivity contribution is 5.00. The predicted molar refractivity (Wildman–Crippen MR) is 48.1 cm³/mol. The number of hydrogen-bond acceptors (Lipinski definition) is 0. The van der Waals surface area contributed by atoms with Crippen LogP contribution in [0.2, 0.25) is 0 Å². The zero-order valence-corrected chi connectivity index (χ0v) is 7.19. The summed E-state index contributed by atoms with van der Waals surface area (Å²) in [5, 5.41) is 0. The maximum Gasteiger partial charge on any atom is -0.0142 e. The quantitative estimate of drug-likeness (QED) is 0.508. The molecule has 0 fully saturated rings. The number of unbranched alkanes of at least 4 members (excludes halogenated alkanes) is 1. The molecule has 0 heterocycles. The van der Waals surface area contributed by atoms with Crippen molar-refractivity contribution in [1.29, 1.82) is 0 Å². The normalized spacial score (nSPS) is 10.6. The minimum atomic E-state index is 1.07. The standard InChI is InChI=1S/C10H18/c1-4-6-7-8-9-10(3)5-2/h7-8H,3-6,9H2,1-2H3. The van der Waals surface area contributed by atoms with Gasteiger partial charge in [-0.3, -0.25) is 0 Å².